The molecule has 0 aliphatic carbocycles. The van der Waals surface area contributed by atoms with Gasteiger partial charge in [-0.3, -0.25) is 9.59 Å². The lowest BCUT2D eigenvalue weighted by Gasteiger charge is -2.18. The third kappa shape index (κ3) is 5.83. The molecular weight excluding hydrogens is 327 g/mol. The van der Waals surface area contributed by atoms with Crippen molar-refractivity contribution in [3.05, 3.63) is 33.8 Å². The maximum absolute atomic E-state index is 11.7. The Morgan fingerprint density at radius 3 is 2.41 bits per heavy atom. The summed E-state index contributed by atoms with van der Waals surface area (Å²) >= 11 is 11.8. The number of nitrogens with one attached hydrogen (secondary N) is 2. The van der Waals surface area contributed by atoms with Crippen LogP contribution in [0.3, 0.4) is 0 Å². The second kappa shape index (κ2) is 7.81. The SMILES string of the molecule is CC(C)(C)C(=O)NCC(=O)NCC(O)c1ccc(Cl)cc1Cl. The third-order valence-corrected chi connectivity index (χ3v) is 3.47. The van der Waals surface area contributed by atoms with Gasteiger partial charge in [0.1, 0.15) is 0 Å². The Bertz CT molecular complexity index is 556. The Kier molecular flexibility index (Phi) is 6.66. The number of hydrogen-bond acceptors (Lipinski definition) is 3. The van der Waals surface area contributed by atoms with E-state index in [1.165, 1.54) is 6.07 Å². The molecule has 5 nitrogen and oxygen atoms in total. The number of hydrogen-bond donors (Lipinski definition) is 3. The second-order valence-electron chi connectivity index (χ2n) is 5.92. The summed E-state index contributed by atoms with van der Waals surface area (Å²) in [6.07, 6.45) is -0.952. The molecule has 0 radical (unpaired) electrons. The van der Waals surface area contributed by atoms with Crippen molar-refractivity contribution in [2.75, 3.05) is 13.1 Å². The Hall–Kier alpha value is -1.30. The van der Waals surface area contributed by atoms with E-state index in [1.54, 1.807) is 32.9 Å². The van der Waals surface area contributed by atoms with Gasteiger partial charge in [0.25, 0.3) is 0 Å². The average Bonchev–Trinajstić information content (AvgIpc) is 2.41. The first-order valence-electron chi connectivity index (χ1n) is 6.79. The van der Waals surface area contributed by atoms with Crippen LogP contribution in [-0.2, 0) is 9.59 Å². The lowest BCUT2D eigenvalue weighted by atomic mass is 9.96. The number of aliphatic hydroxyl groups excluding tert-OH is 1. The third-order valence-electron chi connectivity index (χ3n) is 2.90. The van der Waals surface area contributed by atoms with Gasteiger partial charge >= 0.3 is 0 Å². The zero-order valence-corrected chi connectivity index (χ0v) is 14.3. The molecule has 0 heterocycles. The smallest absolute Gasteiger partial charge is 0.239 e. The minimum absolute atomic E-state index is 0.00836. The van der Waals surface area contributed by atoms with Crippen LogP contribution in [0.15, 0.2) is 18.2 Å². The number of amides is 2. The summed E-state index contributed by atoms with van der Waals surface area (Å²) in [5.74, 6) is -0.606. The van der Waals surface area contributed by atoms with E-state index in [2.05, 4.69) is 10.6 Å². The molecule has 3 N–H and O–H groups in total. The van der Waals surface area contributed by atoms with Gasteiger partial charge < -0.3 is 15.7 Å². The van der Waals surface area contributed by atoms with Crippen LogP contribution >= 0.6 is 23.2 Å². The van der Waals surface area contributed by atoms with Crippen molar-refractivity contribution in [2.45, 2.75) is 26.9 Å². The van der Waals surface area contributed by atoms with E-state index < -0.39 is 11.5 Å². The highest BCUT2D eigenvalue weighted by Gasteiger charge is 2.21. The predicted octanol–water partition coefficient (Wildman–Crippen LogP) is 2.31. The molecule has 122 valence electrons. The predicted molar refractivity (Wildman–Crippen MR) is 86.9 cm³/mol. The van der Waals surface area contributed by atoms with Crippen molar-refractivity contribution >= 4 is 35.0 Å². The van der Waals surface area contributed by atoms with Crippen molar-refractivity contribution in [3.63, 3.8) is 0 Å². The molecule has 1 rings (SSSR count). The average molecular weight is 347 g/mol. The first-order chi connectivity index (χ1) is 10.1. The van der Waals surface area contributed by atoms with Crippen molar-refractivity contribution in [1.29, 1.82) is 0 Å². The first-order valence-corrected chi connectivity index (χ1v) is 7.55. The number of carbonyl (C=O) groups is 2. The molecule has 0 aliphatic rings. The molecule has 0 aliphatic heterocycles. The molecule has 1 aromatic rings. The van der Waals surface area contributed by atoms with Crippen molar-refractivity contribution in [1.82, 2.24) is 10.6 Å². The molecule has 0 saturated heterocycles. The summed E-state index contributed by atoms with van der Waals surface area (Å²) in [6, 6.07) is 4.73. The summed E-state index contributed by atoms with van der Waals surface area (Å²) in [5.41, 5.74) is -0.0820. The van der Waals surface area contributed by atoms with Gasteiger partial charge in [-0.1, -0.05) is 50.0 Å². The van der Waals surface area contributed by atoms with Crippen LogP contribution in [0, 0.1) is 5.41 Å². The van der Waals surface area contributed by atoms with E-state index >= 15 is 0 Å². The van der Waals surface area contributed by atoms with Gasteiger partial charge in [0, 0.05) is 27.6 Å². The maximum atomic E-state index is 11.7. The van der Waals surface area contributed by atoms with Crippen LogP contribution in [0.4, 0.5) is 0 Å². The lowest BCUT2D eigenvalue weighted by Crippen LogP contribution is -2.42. The zero-order chi connectivity index (χ0) is 16.9. The molecule has 2 amide bonds. The molecule has 22 heavy (non-hydrogen) atoms. The monoisotopic (exact) mass is 346 g/mol. The lowest BCUT2D eigenvalue weighted by molar-refractivity contribution is -0.131. The van der Waals surface area contributed by atoms with E-state index in [0.29, 0.717) is 15.6 Å². The number of halogens is 2. The molecule has 0 spiro atoms. The van der Waals surface area contributed by atoms with Crippen LogP contribution < -0.4 is 10.6 Å². The van der Waals surface area contributed by atoms with Crippen molar-refractivity contribution < 1.29 is 14.7 Å². The Morgan fingerprint density at radius 1 is 1.23 bits per heavy atom. The largest absolute Gasteiger partial charge is 0.387 e. The molecule has 0 bridgehead atoms. The van der Waals surface area contributed by atoms with Gasteiger partial charge in [0.05, 0.1) is 12.6 Å². The van der Waals surface area contributed by atoms with Gasteiger partial charge in [-0.25, -0.2) is 0 Å². The standard InChI is InChI=1S/C15H20Cl2N2O3/c1-15(2,3)14(22)19-8-13(21)18-7-12(20)10-5-4-9(16)6-11(10)17/h4-6,12,20H,7-8H2,1-3H3,(H,18,21)(H,19,22). The minimum atomic E-state index is -0.952. The normalized spacial score (nSPS) is 12.6. The molecular formula is C15H20Cl2N2O3. The van der Waals surface area contributed by atoms with E-state index in [9.17, 15) is 14.7 Å². The molecule has 1 atom stereocenters. The molecule has 0 fully saturated rings. The van der Waals surface area contributed by atoms with Crippen LogP contribution in [0.2, 0.25) is 10.0 Å². The number of aliphatic hydroxyl groups is 1. The van der Waals surface area contributed by atoms with Crippen LogP contribution in [0.1, 0.15) is 32.4 Å². The summed E-state index contributed by atoms with van der Waals surface area (Å²) in [4.78, 5) is 23.3. The van der Waals surface area contributed by atoms with Crippen molar-refractivity contribution in [3.8, 4) is 0 Å². The zero-order valence-electron chi connectivity index (χ0n) is 12.7. The van der Waals surface area contributed by atoms with E-state index in [-0.39, 0.29) is 24.9 Å². The van der Waals surface area contributed by atoms with Gasteiger partial charge in [-0.05, 0) is 12.1 Å². The number of carbonyl (C=O) groups excluding carboxylic acids is 2. The van der Waals surface area contributed by atoms with Crippen LogP contribution in [-0.4, -0.2) is 30.0 Å². The first kappa shape index (κ1) is 18.7. The quantitative estimate of drug-likeness (QED) is 0.765. The summed E-state index contributed by atoms with van der Waals surface area (Å²) < 4.78 is 0. The molecule has 0 aromatic heterocycles. The van der Waals surface area contributed by atoms with Crippen molar-refractivity contribution in [2.24, 2.45) is 5.41 Å². The summed E-state index contributed by atoms with van der Waals surface area (Å²) in [7, 11) is 0. The highest BCUT2D eigenvalue weighted by Crippen LogP contribution is 2.25. The van der Waals surface area contributed by atoms with Gasteiger partial charge in [0.2, 0.25) is 11.8 Å². The van der Waals surface area contributed by atoms with Gasteiger partial charge in [-0.15, -0.1) is 0 Å². The Balaban J connectivity index is 2.45. The Labute approximate surface area is 140 Å². The Morgan fingerprint density at radius 2 is 1.86 bits per heavy atom. The molecule has 1 aromatic carbocycles. The fourth-order valence-electron chi connectivity index (χ4n) is 1.58. The fourth-order valence-corrected chi connectivity index (χ4v) is 2.11. The van der Waals surface area contributed by atoms with Crippen LogP contribution in [0.25, 0.3) is 0 Å². The maximum Gasteiger partial charge on any atom is 0.239 e. The molecule has 0 saturated carbocycles. The van der Waals surface area contributed by atoms with Gasteiger partial charge in [0.15, 0.2) is 0 Å². The minimum Gasteiger partial charge on any atom is -0.387 e. The number of rotatable bonds is 5. The highest BCUT2D eigenvalue weighted by molar-refractivity contribution is 6.35. The highest BCUT2D eigenvalue weighted by atomic mass is 35.5. The fraction of sp³-hybridized carbons (Fsp3) is 0.467. The van der Waals surface area contributed by atoms with E-state index in [1.807, 2.05) is 0 Å². The van der Waals surface area contributed by atoms with Gasteiger partial charge in [-0.2, -0.15) is 0 Å². The van der Waals surface area contributed by atoms with Crippen LogP contribution in [0.5, 0.6) is 0 Å². The van der Waals surface area contributed by atoms with E-state index in [4.69, 9.17) is 23.2 Å². The molecule has 1 unspecified atom stereocenters. The topological polar surface area (TPSA) is 78.4 Å². The van der Waals surface area contributed by atoms with E-state index in [0.717, 1.165) is 0 Å². The number of benzene rings is 1. The second-order valence-corrected chi connectivity index (χ2v) is 6.76. The summed E-state index contributed by atoms with van der Waals surface area (Å²) in [5, 5.41) is 15.9. The molecule has 7 heteroatoms. The summed E-state index contributed by atoms with van der Waals surface area (Å²) in [6.45, 7) is 5.12.